The Hall–Kier alpha value is -3.01. The quantitative estimate of drug-likeness (QED) is 0.656. The van der Waals surface area contributed by atoms with E-state index in [-0.39, 0.29) is 12.0 Å². The number of furan rings is 1. The lowest BCUT2D eigenvalue weighted by Gasteiger charge is -2.32. The van der Waals surface area contributed by atoms with Gasteiger partial charge < -0.3 is 19.0 Å². The summed E-state index contributed by atoms with van der Waals surface area (Å²) < 4.78 is 12.6. The number of aromatic nitrogens is 5. The summed E-state index contributed by atoms with van der Waals surface area (Å²) in [6, 6.07) is 1.68. The van der Waals surface area contributed by atoms with Crippen LogP contribution < -0.4 is 4.90 Å². The third-order valence-corrected chi connectivity index (χ3v) is 5.26. The molecule has 3 aromatic rings. The van der Waals surface area contributed by atoms with Crippen LogP contribution in [0, 0.1) is 0 Å². The van der Waals surface area contributed by atoms with Gasteiger partial charge in [-0.3, -0.25) is 4.79 Å². The summed E-state index contributed by atoms with van der Waals surface area (Å²) in [6.07, 6.45) is 6.68. The van der Waals surface area contributed by atoms with Gasteiger partial charge in [-0.25, -0.2) is 14.6 Å². The first-order valence-corrected chi connectivity index (χ1v) is 9.52. The molecule has 0 bridgehead atoms. The van der Waals surface area contributed by atoms with E-state index in [0.29, 0.717) is 43.0 Å². The largest absolute Gasteiger partial charge is 0.472 e. The number of ether oxygens (including phenoxy) is 1. The van der Waals surface area contributed by atoms with Crippen LogP contribution in [0.25, 0.3) is 11.2 Å². The molecule has 5 heterocycles. The molecular formula is C18H21N7O3. The van der Waals surface area contributed by atoms with E-state index in [1.54, 1.807) is 22.0 Å². The molecule has 2 saturated heterocycles. The van der Waals surface area contributed by atoms with Crippen LogP contribution in [0.2, 0.25) is 0 Å². The van der Waals surface area contributed by atoms with Crippen molar-refractivity contribution in [3.05, 3.63) is 30.5 Å². The normalized spacial score (nSPS) is 20.2. The summed E-state index contributed by atoms with van der Waals surface area (Å²) in [5.74, 6) is 0.791. The number of amides is 1. The van der Waals surface area contributed by atoms with Gasteiger partial charge in [-0.05, 0) is 18.9 Å². The van der Waals surface area contributed by atoms with Crippen LogP contribution in [-0.2, 0) is 11.3 Å². The Morgan fingerprint density at radius 1 is 1.21 bits per heavy atom. The van der Waals surface area contributed by atoms with Crippen molar-refractivity contribution in [2.24, 2.45) is 0 Å². The van der Waals surface area contributed by atoms with Crippen LogP contribution in [0.1, 0.15) is 23.2 Å². The van der Waals surface area contributed by atoms with Gasteiger partial charge in [0.2, 0.25) is 0 Å². The molecular weight excluding hydrogens is 362 g/mol. The monoisotopic (exact) mass is 383 g/mol. The highest BCUT2D eigenvalue weighted by Gasteiger charge is 2.27. The lowest BCUT2D eigenvalue weighted by molar-refractivity contribution is -0.0297. The van der Waals surface area contributed by atoms with Crippen molar-refractivity contribution in [3.63, 3.8) is 0 Å². The molecule has 0 saturated carbocycles. The summed E-state index contributed by atoms with van der Waals surface area (Å²) in [5, 5.41) is 8.60. The minimum absolute atomic E-state index is 0.0517. The molecule has 0 spiro atoms. The van der Waals surface area contributed by atoms with E-state index in [1.807, 2.05) is 0 Å². The van der Waals surface area contributed by atoms with Crippen LogP contribution in [0.4, 0.5) is 5.82 Å². The van der Waals surface area contributed by atoms with E-state index in [0.717, 1.165) is 31.7 Å². The van der Waals surface area contributed by atoms with E-state index in [1.165, 1.54) is 12.5 Å². The van der Waals surface area contributed by atoms with Crippen LogP contribution >= 0.6 is 0 Å². The second kappa shape index (κ2) is 7.19. The summed E-state index contributed by atoms with van der Waals surface area (Å²) >= 11 is 0. The molecule has 3 aromatic heterocycles. The zero-order valence-corrected chi connectivity index (χ0v) is 15.4. The van der Waals surface area contributed by atoms with Crippen molar-refractivity contribution < 1.29 is 13.9 Å². The highest BCUT2D eigenvalue weighted by molar-refractivity contribution is 5.93. The molecule has 0 aromatic carbocycles. The Morgan fingerprint density at radius 3 is 2.93 bits per heavy atom. The molecule has 146 valence electrons. The molecule has 1 amide bonds. The van der Waals surface area contributed by atoms with Crippen LogP contribution in [0.3, 0.4) is 0 Å². The molecule has 10 heteroatoms. The number of nitrogens with zero attached hydrogens (tertiary/aromatic N) is 7. The van der Waals surface area contributed by atoms with Gasteiger partial charge in [0.15, 0.2) is 17.0 Å². The molecule has 10 nitrogen and oxygen atoms in total. The zero-order chi connectivity index (χ0) is 18.9. The summed E-state index contributed by atoms with van der Waals surface area (Å²) in [6.45, 7) is 3.96. The Morgan fingerprint density at radius 2 is 2.11 bits per heavy atom. The first-order valence-electron chi connectivity index (χ1n) is 9.52. The number of rotatable bonds is 4. The van der Waals surface area contributed by atoms with Gasteiger partial charge in [0, 0.05) is 26.2 Å². The van der Waals surface area contributed by atoms with Crippen molar-refractivity contribution in [1.29, 1.82) is 0 Å². The van der Waals surface area contributed by atoms with Crippen molar-refractivity contribution >= 4 is 22.9 Å². The molecule has 1 atom stereocenters. The summed E-state index contributed by atoms with van der Waals surface area (Å²) in [4.78, 5) is 25.4. The molecule has 28 heavy (non-hydrogen) atoms. The van der Waals surface area contributed by atoms with Crippen molar-refractivity contribution in [2.75, 3.05) is 37.7 Å². The molecule has 5 rings (SSSR count). The Balaban J connectivity index is 1.34. The average Bonchev–Trinajstić information content (AvgIpc) is 3.49. The minimum atomic E-state index is -0.181. The number of hydrogen-bond donors (Lipinski definition) is 0. The minimum Gasteiger partial charge on any atom is -0.472 e. The Bertz CT molecular complexity index is 965. The lowest BCUT2D eigenvalue weighted by Crippen LogP contribution is -2.47. The molecule has 0 aliphatic carbocycles. The predicted octanol–water partition coefficient (Wildman–Crippen LogP) is 0.956. The maximum absolute atomic E-state index is 12.6. The second-order valence-corrected chi connectivity index (χ2v) is 7.09. The number of morpholine rings is 1. The van der Waals surface area contributed by atoms with Gasteiger partial charge in [0.1, 0.15) is 12.6 Å². The van der Waals surface area contributed by atoms with Gasteiger partial charge in [-0.2, -0.15) is 0 Å². The van der Waals surface area contributed by atoms with Crippen LogP contribution in [0.5, 0.6) is 0 Å². The highest BCUT2D eigenvalue weighted by Crippen LogP contribution is 2.24. The third-order valence-electron chi connectivity index (χ3n) is 5.26. The first-order chi connectivity index (χ1) is 13.8. The number of anilines is 1. The van der Waals surface area contributed by atoms with Gasteiger partial charge in [0.25, 0.3) is 5.91 Å². The van der Waals surface area contributed by atoms with Crippen LogP contribution in [0.15, 0.2) is 29.3 Å². The maximum Gasteiger partial charge on any atom is 0.257 e. The van der Waals surface area contributed by atoms with Gasteiger partial charge in [-0.15, -0.1) is 5.10 Å². The fourth-order valence-corrected chi connectivity index (χ4v) is 3.84. The van der Waals surface area contributed by atoms with E-state index in [9.17, 15) is 4.79 Å². The van der Waals surface area contributed by atoms with Gasteiger partial charge in [0.05, 0.1) is 31.1 Å². The fraction of sp³-hybridized carbons (Fsp3) is 0.500. The molecule has 0 radical (unpaired) electrons. The molecule has 2 aliphatic heterocycles. The average molecular weight is 383 g/mol. The zero-order valence-electron chi connectivity index (χ0n) is 15.4. The maximum atomic E-state index is 12.6. The van der Waals surface area contributed by atoms with Crippen molar-refractivity contribution in [3.8, 4) is 0 Å². The second-order valence-electron chi connectivity index (χ2n) is 7.09. The van der Waals surface area contributed by atoms with E-state index >= 15 is 0 Å². The van der Waals surface area contributed by atoms with Crippen molar-refractivity contribution in [1.82, 2.24) is 29.9 Å². The van der Waals surface area contributed by atoms with Gasteiger partial charge >= 0.3 is 0 Å². The molecule has 0 N–H and O–H groups in total. The van der Waals surface area contributed by atoms with E-state index in [4.69, 9.17) is 9.15 Å². The summed E-state index contributed by atoms with van der Waals surface area (Å²) in [5.41, 5.74) is 1.96. The topological polar surface area (TPSA) is 102 Å². The van der Waals surface area contributed by atoms with E-state index in [2.05, 4.69) is 25.2 Å². The van der Waals surface area contributed by atoms with Gasteiger partial charge in [-0.1, -0.05) is 5.21 Å². The first kappa shape index (κ1) is 17.1. The fourth-order valence-electron chi connectivity index (χ4n) is 3.84. The Labute approximate surface area is 161 Å². The number of carbonyl (C=O) groups is 1. The lowest BCUT2D eigenvalue weighted by atomic mass is 10.2. The smallest absolute Gasteiger partial charge is 0.257 e. The SMILES string of the molecule is O=C(c1ccoc1)N1CCOC(Cn2nnc3c(N4CCCC4)ncnc32)C1. The van der Waals surface area contributed by atoms with E-state index < -0.39 is 0 Å². The van der Waals surface area contributed by atoms with Crippen molar-refractivity contribution in [2.45, 2.75) is 25.5 Å². The molecule has 2 fully saturated rings. The summed E-state index contributed by atoms with van der Waals surface area (Å²) in [7, 11) is 0. The predicted molar refractivity (Wildman–Crippen MR) is 98.9 cm³/mol. The standard InChI is InChI=1S/C18H21N7O3/c26-18(13-3-7-27-11-13)24-6-8-28-14(9-24)10-25-17-15(21-22-25)16(19-12-20-17)23-4-1-2-5-23/h3,7,11-12,14H,1-2,4-6,8-10H2. The number of fused-ring (bicyclic) bond motifs is 1. The Kier molecular flexibility index (Phi) is 4.40. The van der Waals surface area contributed by atoms with Crippen LogP contribution in [-0.4, -0.2) is 74.7 Å². The highest BCUT2D eigenvalue weighted by atomic mass is 16.5. The molecule has 1 unspecified atom stereocenters. The molecule has 2 aliphatic rings. The number of hydrogen-bond acceptors (Lipinski definition) is 8. The number of carbonyl (C=O) groups excluding carboxylic acids is 1. The third kappa shape index (κ3) is 3.09.